The predicted molar refractivity (Wildman–Crippen MR) is 156 cm³/mol. The molecule has 3 aliphatic heterocycles. The van der Waals surface area contributed by atoms with E-state index in [1.54, 1.807) is 22.9 Å². The van der Waals surface area contributed by atoms with Crippen LogP contribution in [0.5, 0.6) is 0 Å². The van der Waals surface area contributed by atoms with E-state index in [-0.39, 0.29) is 30.5 Å². The summed E-state index contributed by atoms with van der Waals surface area (Å²) < 4.78 is 62.9. The molecule has 1 saturated carbocycles. The number of nitrogens with zero attached hydrogens (tertiary/aromatic N) is 6. The molecule has 1 N–H and O–H groups in total. The second-order valence-corrected chi connectivity index (χ2v) is 13.5. The maximum Gasteiger partial charge on any atom is 0.304 e. The zero-order valence-corrected chi connectivity index (χ0v) is 24.6. The van der Waals surface area contributed by atoms with Crippen molar-refractivity contribution in [2.45, 2.75) is 50.2 Å². The highest BCUT2D eigenvalue weighted by Crippen LogP contribution is 2.43. The minimum atomic E-state index is -4.22. The molecule has 3 aromatic rings. The van der Waals surface area contributed by atoms with Crippen molar-refractivity contribution >= 4 is 32.8 Å². The van der Waals surface area contributed by atoms with E-state index >= 15 is 0 Å². The number of fused-ring (bicyclic) bond motifs is 1. The van der Waals surface area contributed by atoms with Gasteiger partial charge in [-0.05, 0) is 56.0 Å². The highest BCUT2D eigenvalue weighted by Gasteiger charge is 2.38. The summed E-state index contributed by atoms with van der Waals surface area (Å²) in [5.74, 6) is -1.05. The Morgan fingerprint density at radius 3 is 2.33 bits per heavy atom. The third-order valence-corrected chi connectivity index (χ3v) is 10.6. The van der Waals surface area contributed by atoms with Gasteiger partial charge in [-0.2, -0.15) is 17.8 Å². The normalized spacial score (nSPS) is 21.6. The van der Waals surface area contributed by atoms with Crippen molar-refractivity contribution in [2.24, 2.45) is 0 Å². The van der Waals surface area contributed by atoms with Gasteiger partial charge in [0.15, 0.2) is 5.65 Å². The van der Waals surface area contributed by atoms with E-state index in [9.17, 15) is 22.0 Å². The third kappa shape index (κ3) is 5.49. The van der Waals surface area contributed by atoms with Gasteiger partial charge in [0.25, 0.3) is 5.91 Å². The highest BCUT2D eigenvalue weighted by atomic mass is 32.2. The third-order valence-electron chi connectivity index (χ3n) is 9.17. The fraction of sp³-hybridized carbons (Fsp3) is 0.552. The molecule has 1 aromatic carbocycles. The van der Waals surface area contributed by atoms with Gasteiger partial charge in [0.05, 0.1) is 35.7 Å². The van der Waals surface area contributed by atoms with Crippen molar-refractivity contribution in [3.05, 3.63) is 47.5 Å². The number of ether oxygens (including phenoxy) is 1. The Morgan fingerprint density at radius 1 is 1.00 bits per heavy atom. The molecule has 0 spiro atoms. The van der Waals surface area contributed by atoms with Crippen molar-refractivity contribution in [3.8, 4) is 5.69 Å². The fourth-order valence-electron chi connectivity index (χ4n) is 6.45. The van der Waals surface area contributed by atoms with Crippen molar-refractivity contribution in [2.75, 3.05) is 57.4 Å². The average molecular weight is 616 g/mol. The van der Waals surface area contributed by atoms with Crippen LogP contribution >= 0.6 is 0 Å². The van der Waals surface area contributed by atoms with Crippen LogP contribution in [-0.2, 0) is 14.9 Å². The topological polar surface area (TPSA) is 113 Å². The minimum Gasteiger partial charge on any atom is -0.379 e. The summed E-state index contributed by atoms with van der Waals surface area (Å²) in [6.45, 7) is 4.22. The van der Waals surface area contributed by atoms with E-state index < -0.39 is 22.3 Å². The summed E-state index contributed by atoms with van der Waals surface area (Å²) in [7, 11) is -4.22. The lowest BCUT2D eigenvalue weighted by Crippen LogP contribution is -2.56. The van der Waals surface area contributed by atoms with Crippen LogP contribution in [-0.4, -0.2) is 103 Å². The molecule has 4 aliphatic rings. The Kier molecular flexibility index (Phi) is 7.56. The summed E-state index contributed by atoms with van der Waals surface area (Å²) in [5.41, 5.74) is 2.59. The molecule has 0 radical (unpaired) electrons. The number of alkyl halides is 1. The van der Waals surface area contributed by atoms with Crippen molar-refractivity contribution < 1.29 is 26.7 Å². The number of morpholine rings is 1. The van der Waals surface area contributed by atoms with Gasteiger partial charge in [0.2, 0.25) is 0 Å². The number of pyridine rings is 1. The van der Waals surface area contributed by atoms with Gasteiger partial charge in [-0.1, -0.05) is 6.42 Å². The molecule has 1 amide bonds. The van der Waals surface area contributed by atoms with Gasteiger partial charge >= 0.3 is 10.2 Å². The first-order valence-electron chi connectivity index (χ1n) is 15.0. The molecule has 0 bridgehead atoms. The number of hydrogen-bond acceptors (Lipinski definition) is 8. The molecule has 11 nitrogen and oxygen atoms in total. The molecule has 230 valence electrons. The van der Waals surface area contributed by atoms with Crippen LogP contribution in [0, 0.1) is 5.82 Å². The van der Waals surface area contributed by atoms with Gasteiger partial charge in [-0.15, -0.1) is 0 Å². The number of carbonyl (C=O) groups is 1. The fourth-order valence-corrected chi connectivity index (χ4v) is 7.64. The van der Waals surface area contributed by atoms with Crippen LogP contribution in [0.15, 0.2) is 30.3 Å². The first-order valence-corrected chi connectivity index (χ1v) is 16.4. The highest BCUT2D eigenvalue weighted by molar-refractivity contribution is 7.87. The van der Waals surface area contributed by atoms with Crippen LogP contribution in [0.4, 0.5) is 14.5 Å². The molecule has 4 fully saturated rings. The smallest absolute Gasteiger partial charge is 0.304 e. The van der Waals surface area contributed by atoms with Crippen molar-refractivity contribution in [3.63, 3.8) is 0 Å². The van der Waals surface area contributed by atoms with E-state index in [1.165, 1.54) is 12.1 Å². The molecular formula is C29H35F2N7O4S. The lowest BCUT2D eigenvalue weighted by Gasteiger charge is -2.41. The summed E-state index contributed by atoms with van der Waals surface area (Å²) in [4.78, 5) is 22.8. The van der Waals surface area contributed by atoms with Gasteiger partial charge in [0.1, 0.15) is 17.7 Å². The predicted octanol–water partition coefficient (Wildman–Crippen LogP) is 2.76. The van der Waals surface area contributed by atoms with E-state index in [2.05, 4.69) is 19.5 Å². The molecule has 2 aromatic heterocycles. The summed E-state index contributed by atoms with van der Waals surface area (Å²) in [6, 6.07) is 8.00. The second kappa shape index (κ2) is 11.4. The zero-order valence-electron chi connectivity index (χ0n) is 23.8. The van der Waals surface area contributed by atoms with Gasteiger partial charge in [0, 0.05) is 51.2 Å². The lowest BCUT2D eigenvalue weighted by molar-refractivity contribution is 0.0115. The van der Waals surface area contributed by atoms with Gasteiger partial charge < -0.3 is 9.64 Å². The van der Waals surface area contributed by atoms with Crippen LogP contribution in [0.25, 0.3) is 16.7 Å². The Morgan fingerprint density at radius 2 is 1.70 bits per heavy atom. The number of anilines is 1. The maximum absolute atomic E-state index is 13.8. The first-order chi connectivity index (χ1) is 20.8. The van der Waals surface area contributed by atoms with Gasteiger partial charge in [-0.3, -0.25) is 9.69 Å². The standard InChI is InChI=1S/C29H35F2N7O4S/c30-20-4-6-23(7-5-20)38-28-26(27(33-38)19-2-1-3-19)25(36-10-8-22(9-11-36)35-12-14-42-15-13-35)16-24(32-28)29(39)34-43(40,41)37-17-21(31)18-37/h4-7,16,19,21-22H,1-3,8-15,17-18H2,(H,34,39). The summed E-state index contributed by atoms with van der Waals surface area (Å²) in [5, 5.41) is 5.81. The Bertz CT molecular complexity index is 1610. The lowest BCUT2D eigenvalue weighted by atomic mass is 9.82. The van der Waals surface area contributed by atoms with E-state index in [4.69, 9.17) is 9.84 Å². The number of piperidine rings is 1. The summed E-state index contributed by atoms with van der Waals surface area (Å²) >= 11 is 0. The number of benzene rings is 1. The molecule has 7 rings (SSSR count). The quantitative estimate of drug-likeness (QED) is 0.432. The number of amides is 1. The largest absolute Gasteiger partial charge is 0.379 e. The molecule has 0 atom stereocenters. The van der Waals surface area contributed by atoms with Crippen molar-refractivity contribution in [1.82, 2.24) is 28.7 Å². The number of carbonyl (C=O) groups excluding carboxylic acids is 1. The number of aromatic nitrogens is 3. The first kappa shape index (κ1) is 28.6. The molecule has 1 aliphatic carbocycles. The van der Waals surface area contributed by atoms with Crippen LogP contribution in [0.2, 0.25) is 0 Å². The number of nitrogens with one attached hydrogen (secondary N) is 1. The summed E-state index contributed by atoms with van der Waals surface area (Å²) in [6.07, 6.45) is 3.69. The van der Waals surface area contributed by atoms with Crippen LogP contribution < -0.4 is 9.62 Å². The average Bonchev–Trinajstić information content (AvgIpc) is 3.33. The van der Waals surface area contributed by atoms with Crippen LogP contribution in [0.3, 0.4) is 0 Å². The Labute approximate surface area is 249 Å². The Hall–Kier alpha value is -3.20. The maximum atomic E-state index is 13.8. The number of hydrogen-bond donors (Lipinski definition) is 1. The molecule has 0 unspecified atom stereocenters. The SMILES string of the molecule is O=C(NS(=O)(=O)N1CC(F)C1)c1cc(N2CCC(N3CCOCC3)CC2)c2c(C3CCC3)nn(-c3ccc(F)cc3)c2n1. The number of halogens is 2. The second-order valence-electron chi connectivity index (χ2n) is 11.8. The van der Waals surface area contributed by atoms with Crippen molar-refractivity contribution in [1.29, 1.82) is 0 Å². The van der Waals surface area contributed by atoms with Crippen LogP contribution in [0.1, 0.15) is 54.2 Å². The zero-order chi connectivity index (χ0) is 29.7. The minimum absolute atomic E-state index is 0.0814. The van der Waals surface area contributed by atoms with E-state index in [0.717, 1.165) is 92.6 Å². The monoisotopic (exact) mass is 615 g/mol. The van der Waals surface area contributed by atoms with Gasteiger partial charge in [-0.25, -0.2) is 23.2 Å². The Balaban J connectivity index is 1.29. The molecule has 3 saturated heterocycles. The molecule has 43 heavy (non-hydrogen) atoms. The molecular weight excluding hydrogens is 580 g/mol. The molecule has 14 heteroatoms. The number of rotatable bonds is 7. The molecule has 5 heterocycles. The van der Waals surface area contributed by atoms with E-state index in [1.807, 2.05) is 0 Å². The van der Waals surface area contributed by atoms with E-state index in [0.29, 0.717) is 17.4 Å².